The summed E-state index contributed by atoms with van der Waals surface area (Å²) in [5.41, 5.74) is 6.58. The molecule has 6 nitrogen and oxygen atoms in total. The lowest BCUT2D eigenvalue weighted by atomic mass is 9.97. The number of amides is 2. The highest BCUT2D eigenvalue weighted by molar-refractivity contribution is 6.30. The number of benzene rings is 2. The van der Waals surface area contributed by atoms with Gasteiger partial charge < -0.3 is 20.1 Å². The molecule has 2 N–H and O–H groups in total. The highest BCUT2D eigenvalue weighted by atomic mass is 35.5. The van der Waals surface area contributed by atoms with Gasteiger partial charge in [0.25, 0.3) is 0 Å². The molecule has 154 valence electrons. The Bertz CT molecular complexity index is 854. The summed E-state index contributed by atoms with van der Waals surface area (Å²) in [5.74, 6) is 0.0833. The average Bonchev–Trinajstić information content (AvgIpc) is 2.69. The number of halogens is 1. The van der Waals surface area contributed by atoms with E-state index in [0.29, 0.717) is 30.3 Å². The molecule has 1 atom stereocenters. The summed E-state index contributed by atoms with van der Waals surface area (Å²) in [6, 6.07) is 14.8. The lowest BCUT2D eigenvalue weighted by Gasteiger charge is -2.42. The van der Waals surface area contributed by atoms with Crippen LogP contribution in [0.25, 0.3) is 0 Å². The molecule has 0 radical (unpaired) electrons. The smallest absolute Gasteiger partial charge is 0.227 e. The van der Waals surface area contributed by atoms with Gasteiger partial charge in [-0.1, -0.05) is 41.4 Å². The normalized spacial score (nSPS) is 19.0. The van der Waals surface area contributed by atoms with Crippen molar-refractivity contribution in [2.75, 3.05) is 26.3 Å². The van der Waals surface area contributed by atoms with Gasteiger partial charge in [-0.3, -0.25) is 9.59 Å². The molecule has 7 heteroatoms. The average molecular weight is 417 g/mol. The minimum absolute atomic E-state index is 0.0162. The predicted molar refractivity (Wildman–Crippen MR) is 111 cm³/mol. The van der Waals surface area contributed by atoms with E-state index in [9.17, 15) is 9.59 Å². The van der Waals surface area contributed by atoms with E-state index >= 15 is 0 Å². The number of carbonyl (C=O) groups is 2. The van der Waals surface area contributed by atoms with E-state index in [0.717, 1.165) is 11.1 Å². The second-order valence-corrected chi connectivity index (χ2v) is 7.83. The summed E-state index contributed by atoms with van der Waals surface area (Å²) in [6.07, 6.45) is 0.264. The molecule has 1 heterocycles. The second kappa shape index (κ2) is 9.29. The minimum atomic E-state index is -0.980. The van der Waals surface area contributed by atoms with Gasteiger partial charge in [0.1, 0.15) is 18.0 Å². The number of nitrogens with zero attached hydrogens (tertiary/aromatic N) is 1. The predicted octanol–water partition coefficient (Wildman–Crippen LogP) is 2.74. The lowest BCUT2D eigenvalue weighted by Crippen LogP contribution is -2.58. The molecule has 0 aromatic heterocycles. The molecule has 29 heavy (non-hydrogen) atoms. The number of hydrogen-bond acceptors (Lipinski definition) is 4. The van der Waals surface area contributed by atoms with Gasteiger partial charge in [0.15, 0.2) is 0 Å². The molecule has 2 aromatic carbocycles. The van der Waals surface area contributed by atoms with Gasteiger partial charge in [-0.2, -0.15) is 0 Å². The van der Waals surface area contributed by atoms with Crippen molar-refractivity contribution in [3.63, 3.8) is 0 Å². The highest BCUT2D eigenvalue weighted by Gasteiger charge is 2.40. The van der Waals surface area contributed by atoms with Crippen LogP contribution in [0.1, 0.15) is 17.5 Å². The van der Waals surface area contributed by atoms with E-state index in [2.05, 4.69) is 0 Å². The fourth-order valence-corrected chi connectivity index (χ4v) is 3.48. The van der Waals surface area contributed by atoms with E-state index in [1.165, 1.54) is 0 Å². The van der Waals surface area contributed by atoms with Gasteiger partial charge >= 0.3 is 0 Å². The number of aryl methyl sites for hydroxylation is 1. The van der Waals surface area contributed by atoms with E-state index < -0.39 is 11.5 Å². The molecule has 2 amide bonds. The first kappa shape index (κ1) is 21.1. The van der Waals surface area contributed by atoms with Crippen LogP contribution >= 0.6 is 11.6 Å². The van der Waals surface area contributed by atoms with Crippen molar-refractivity contribution < 1.29 is 19.1 Å². The van der Waals surface area contributed by atoms with Crippen LogP contribution in [-0.4, -0.2) is 48.6 Å². The zero-order valence-electron chi connectivity index (χ0n) is 16.4. The zero-order valence-corrected chi connectivity index (χ0v) is 17.2. The van der Waals surface area contributed by atoms with Crippen molar-refractivity contribution in [1.82, 2.24) is 4.90 Å². The Kier molecular flexibility index (Phi) is 6.77. The Balaban J connectivity index is 1.69. The van der Waals surface area contributed by atoms with Crippen molar-refractivity contribution in [2.24, 2.45) is 5.73 Å². The molecular formula is C22H25ClN2O4. The van der Waals surface area contributed by atoms with Crippen molar-refractivity contribution >= 4 is 23.4 Å². The summed E-state index contributed by atoms with van der Waals surface area (Å²) in [6.45, 7) is 3.13. The lowest BCUT2D eigenvalue weighted by molar-refractivity contribution is -0.161. The number of ether oxygens (including phenoxy) is 2. The van der Waals surface area contributed by atoms with Crippen LogP contribution in [0, 0.1) is 6.92 Å². The Morgan fingerprint density at radius 2 is 1.86 bits per heavy atom. The van der Waals surface area contributed by atoms with Crippen LogP contribution in [-0.2, 0) is 20.7 Å². The third kappa shape index (κ3) is 5.95. The van der Waals surface area contributed by atoms with E-state index in [4.69, 9.17) is 26.8 Å². The fourth-order valence-electron chi connectivity index (χ4n) is 3.36. The van der Waals surface area contributed by atoms with Crippen LogP contribution in [0.15, 0.2) is 48.5 Å². The summed E-state index contributed by atoms with van der Waals surface area (Å²) < 4.78 is 11.8. The number of morpholine rings is 1. The van der Waals surface area contributed by atoms with Gasteiger partial charge in [-0.05, 0) is 36.8 Å². The monoisotopic (exact) mass is 416 g/mol. The largest absolute Gasteiger partial charge is 0.490 e. The highest BCUT2D eigenvalue weighted by Crippen LogP contribution is 2.25. The van der Waals surface area contributed by atoms with Crippen molar-refractivity contribution in [1.29, 1.82) is 0 Å². The van der Waals surface area contributed by atoms with Crippen LogP contribution in [0.2, 0.25) is 5.02 Å². The molecule has 3 rings (SSSR count). The molecule has 1 fully saturated rings. The number of primary amides is 1. The molecular weight excluding hydrogens is 392 g/mol. The Labute approximate surface area is 175 Å². The van der Waals surface area contributed by atoms with Crippen molar-refractivity contribution in [3.8, 4) is 5.75 Å². The maximum Gasteiger partial charge on any atom is 0.227 e. The number of rotatable bonds is 7. The van der Waals surface area contributed by atoms with Gasteiger partial charge in [0.2, 0.25) is 11.8 Å². The third-order valence-electron chi connectivity index (χ3n) is 4.89. The first-order chi connectivity index (χ1) is 13.8. The number of hydrogen-bond donors (Lipinski definition) is 1. The van der Waals surface area contributed by atoms with Gasteiger partial charge in [-0.15, -0.1) is 0 Å². The van der Waals surface area contributed by atoms with E-state index in [-0.39, 0.29) is 25.5 Å². The summed E-state index contributed by atoms with van der Waals surface area (Å²) in [7, 11) is 0. The standard InChI is InChI=1S/C22H25ClN2O4/c1-16-2-4-17(5-3-16)12-21(27)25-10-11-29-22(14-25,13-20(24)26)15-28-19-8-6-18(23)7-9-19/h2-9H,10-15H2,1H3,(H2,24,26). The Hall–Kier alpha value is -2.57. The molecule has 1 aliphatic rings. The van der Waals surface area contributed by atoms with Crippen LogP contribution in [0.3, 0.4) is 0 Å². The van der Waals surface area contributed by atoms with E-state index in [1.54, 1.807) is 29.2 Å². The molecule has 0 saturated carbocycles. The van der Waals surface area contributed by atoms with Gasteiger partial charge in [-0.25, -0.2) is 0 Å². The van der Waals surface area contributed by atoms with Crippen LogP contribution in [0.4, 0.5) is 0 Å². The fraction of sp³-hybridized carbons (Fsp3) is 0.364. The van der Waals surface area contributed by atoms with Crippen molar-refractivity contribution in [2.45, 2.75) is 25.4 Å². The molecule has 2 aromatic rings. The van der Waals surface area contributed by atoms with Gasteiger partial charge in [0.05, 0.1) is 26.0 Å². The third-order valence-corrected chi connectivity index (χ3v) is 5.14. The zero-order chi connectivity index (χ0) is 20.9. The first-order valence-electron chi connectivity index (χ1n) is 9.49. The summed E-state index contributed by atoms with van der Waals surface area (Å²) in [5, 5.41) is 0.603. The Morgan fingerprint density at radius 1 is 1.17 bits per heavy atom. The molecule has 0 bridgehead atoms. The molecule has 1 unspecified atom stereocenters. The summed E-state index contributed by atoms with van der Waals surface area (Å²) >= 11 is 5.90. The van der Waals surface area contributed by atoms with Crippen molar-refractivity contribution in [3.05, 3.63) is 64.7 Å². The quantitative estimate of drug-likeness (QED) is 0.752. The summed E-state index contributed by atoms with van der Waals surface area (Å²) in [4.78, 5) is 26.3. The molecule has 0 aliphatic carbocycles. The second-order valence-electron chi connectivity index (χ2n) is 7.39. The maximum absolute atomic E-state index is 12.8. The molecule has 1 aliphatic heterocycles. The number of nitrogens with two attached hydrogens (primary N) is 1. The van der Waals surface area contributed by atoms with Crippen LogP contribution < -0.4 is 10.5 Å². The van der Waals surface area contributed by atoms with Gasteiger partial charge in [0, 0.05) is 11.6 Å². The first-order valence-corrected chi connectivity index (χ1v) is 9.87. The topological polar surface area (TPSA) is 81.9 Å². The number of carbonyl (C=O) groups excluding carboxylic acids is 2. The Morgan fingerprint density at radius 3 is 2.52 bits per heavy atom. The maximum atomic E-state index is 12.8. The van der Waals surface area contributed by atoms with Crippen LogP contribution in [0.5, 0.6) is 5.75 Å². The molecule has 0 spiro atoms. The minimum Gasteiger partial charge on any atom is -0.490 e. The van der Waals surface area contributed by atoms with E-state index in [1.807, 2.05) is 31.2 Å². The SMILES string of the molecule is Cc1ccc(CC(=O)N2CCOC(COc3ccc(Cl)cc3)(CC(N)=O)C2)cc1. The molecule has 1 saturated heterocycles.